The third-order valence-electron chi connectivity index (χ3n) is 4.84. The predicted octanol–water partition coefficient (Wildman–Crippen LogP) is 4.64. The van der Waals surface area contributed by atoms with Crippen molar-refractivity contribution >= 4 is 48.3 Å². The van der Waals surface area contributed by atoms with E-state index in [1.807, 2.05) is 6.92 Å². The fourth-order valence-corrected chi connectivity index (χ4v) is 3.69. The van der Waals surface area contributed by atoms with Crippen LogP contribution in [-0.2, 0) is 0 Å². The fourth-order valence-electron chi connectivity index (χ4n) is 3.39. The van der Waals surface area contributed by atoms with Crippen LogP contribution in [0.3, 0.4) is 0 Å². The Morgan fingerprint density at radius 1 is 1.21 bits per heavy atom. The number of anilines is 1. The number of aliphatic hydroxyl groups is 1. The molecule has 1 unspecified atom stereocenters. The average Bonchev–Trinajstić information content (AvgIpc) is 3.13. The van der Waals surface area contributed by atoms with Gasteiger partial charge in [0.15, 0.2) is 0 Å². The normalized spacial score (nSPS) is 16.9. The standard InChI is InChI=1S/C20H18Cl2N4O2.H2S/c1-11-10-25(14-3-4-16(21)17(22)8-14)20(28)19-15(9-24-26(11)19)13-5-6-23-18(7-13)12(2)27;/h3-9,11-12,27H,10H2,1-2H3;1H2/t11-,12?;/m0./s1. The van der Waals surface area contributed by atoms with Gasteiger partial charge in [-0.3, -0.25) is 14.5 Å². The van der Waals surface area contributed by atoms with E-state index in [4.69, 9.17) is 23.2 Å². The number of benzene rings is 1. The number of carbonyl (C=O) groups is 1. The Morgan fingerprint density at radius 3 is 2.66 bits per heavy atom. The maximum atomic E-state index is 13.4. The van der Waals surface area contributed by atoms with Gasteiger partial charge >= 0.3 is 0 Å². The van der Waals surface area contributed by atoms with Crippen molar-refractivity contribution in [3.05, 3.63) is 64.2 Å². The Bertz CT molecular complexity index is 1070. The molecule has 29 heavy (non-hydrogen) atoms. The van der Waals surface area contributed by atoms with E-state index in [1.54, 1.807) is 59.2 Å². The van der Waals surface area contributed by atoms with Gasteiger partial charge in [0.05, 0.1) is 34.1 Å². The maximum Gasteiger partial charge on any atom is 0.277 e. The number of aromatic nitrogens is 3. The molecule has 0 saturated heterocycles. The number of hydrogen-bond acceptors (Lipinski definition) is 4. The van der Waals surface area contributed by atoms with E-state index >= 15 is 0 Å². The first-order chi connectivity index (χ1) is 13.4. The van der Waals surface area contributed by atoms with Gasteiger partial charge in [0.1, 0.15) is 5.69 Å². The van der Waals surface area contributed by atoms with E-state index in [2.05, 4.69) is 10.1 Å². The van der Waals surface area contributed by atoms with Crippen molar-refractivity contribution in [1.29, 1.82) is 0 Å². The highest BCUT2D eigenvalue weighted by atomic mass is 35.5. The van der Waals surface area contributed by atoms with Crippen LogP contribution in [0.2, 0.25) is 10.0 Å². The summed E-state index contributed by atoms with van der Waals surface area (Å²) in [6, 6.07) is 8.72. The lowest BCUT2D eigenvalue weighted by Crippen LogP contribution is -2.42. The zero-order chi connectivity index (χ0) is 20.0. The van der Waals surface area contributed by atoms with Crippen LogP contribution in [0.25, 0.3) is 11.1 Å². The molecule has 3 heterocycles. The van der Waals surface area contributed by atoms with E-state index in [0.29, 0.717) is 39.2 Å². The van der Waals surface area contributed by atoms with Crippen molar-refractivity contribution in [3.63, 3.8) is 0 Å². The van der Waals surface area contributed by atoms with Crippen LogP contribution in [0.5, 0.6) is 0 Å². The molecule has 1 amide bonds. The quantitative estimate of drug-likeness (QED) is 0.630. The number of carbonyl (C=O) groups excluding carboxylic acids is 1. The summed E-state index contributed by atoms with van der Waals surface area (Å²) in [6.45, 7) is 4.13. The molecule has 6 nitrogen and oxygen atoms in total. The highest BCUT2D eigenvalue weighted by Crippen LogP contribution is 2.35. The van der Waals surface area contributed by atoms with Gasteiger partial charge in [0, 0.05) is 24.0 Å². The average molecular weight is 451 g/mol. The number of nitrogens with zero attached hydrogens (tertiary/aromatic N) is 4. The smallest absolute Gasteiger partial charge is 0.277 e. The van der Waals surface area contributed by atoms with Crippen molar-refractivity contribution < 1.29 is 9.90 Å². The van der Waals surface area contributed by atoms with Crippen LogP contribution < -0.4 is 4.90 Å². The second-order valence-corrected chi connectivity index (χ2v) is 7.67. The first-order valence-electron chi connectivity index (χ1n) is 8.85. The minimum absolute atomic E-state index is 0. The zero-order valence-electron chi connectivity index (χ0n) is 15.8. The monoisotopic (exact) mass is 450 g/mol. The molecule has 4 rings (SSSR count). The number of aliphatic hydroxyl groups excluding tert-OH is 1. The van der Waals surface area contributed by atoms with Crippen molar-refractivity contribution in [2.75, 3.05) is 11.4 Å². The van der Waals surface area contributed by atoms with Gasteiger partial charge in [0.25, 0.3) is 5.91 Å². The Hall–Kier alpha value is -2.06. The highest BCUT2D eigenvalue weighted by Gasteiger charge is 2.34. The van der Waals surface area contributed by atoms with Crippen LogP contribution in [0, 0.1) is 0 Å². The lowest BCUT2D eigenvalue weighted by atomic mass is 10.0. The molecule has 0 aliphatic carbocycles. The SMILES string of the molecule is CC(O)c1cc(-c2cnn3c2C(=O)N(c2ccc(Cl)c(Cl)c2)C[C@@H]3C)ccn1.S. The Balaban J connectivity index is 0.00000240. The largest absolute Gasteiger partial charge is 0.387 e. The second kappa shape index (κ2) is 8.36. The Morgan fingerprint density at radius 2 is 1.97 bits per heavy atom. The summed E-state index contributed by atoms with van der Waals surface area (Å²) < 4.78 is 1.74. The predicted molar refractivity (Wildman–Crippen MR) is 119 cm³/mol. The molecular weight excluding hydrogens is 431 g/mol. The third kappa shape index (κ3) is 3.88. The summed E-state index contributed by atoms with van der Waals surface area (Å²) in [5, 5.41) is 15.1. The van der Waals surface area contributed by atoms with Crippen LogP contribution in [0.4, 0.5) is 5.69 Å². The molecule has 1 aliphatic rings. The molecule has 9 heteroatoms. The van der Waals surface area contributed by atoms with Crippen LogP contribution in [0.15, 0.2) is 42.7 Å². The van der Waals surface area contributed by atoms with E-state index in [9.17, 15) is 9.90 Å². The fraction of sp³-hybridized carbons (Fsp3) is 0.250. The molecule has 0 spiro atoms. The lowest BCUT2D eigenvalue weighted by molar-refractivity contribution is 0.0954. The van der Waals surface area contributed by atoms with E-state index in [-0.39, 0.29) is 25.4 Å². The number of halogens is 2. The molecule has 1 aromatic carbocycles. The first-order valence-corrected chi connectivity index (χ1v) is 9.61. The first kappa shape index (κ1) is 21.6. The molecule has 0 fully saturated rings. The second-order valence-electron chi connectivity index (χ2n) is 6.86. The zero-order valence-corrected chi connectivity index (χ0v) is 18.3. The van der Waals surface area contributed by atoms with Crippen molar-refractivity contribution in [1.82, 2.24) is 14.8 Å². The van der Waals surface area contributed by atoms with Gasteiger partial charge in [-0.2, -0.15) is 18.6 Å². The number of amides is 1. The third-order valence-corrected chi connectivity index (χ3v) is 5.58. The number of pyridine rings is 1. The summed E-state index contributed by atoms with van der Waals surface area (Å²) in [7, 11) is 0. The van der Waals surface area contributed by atoms with Crippen molar-refractivity contribution in [3.8, 4) is 11.1 Å². The summed E-state index contributed by atoms with van der Waals surface area (Å²) in [6.07, 6.45) is 2.60. The van der Waals surface area contributed by atoms with Crippen molar-refractivity contribution in [2.45, 2.75) is 26.0 Å². The summed E-state index contributed by atoms with van der Waals surface area (Å²) in [4.78, 5) is 19.2. The van der Waals surface area contributed by atoms with E-state index < -0.39 is 6.10 Å². The number of fused-ring (bicyclic) bond motifs is 1. The molecule has 3 aromatic rings. The maximum absolute atomic E-state index is 13.4. The summed E-state index contributed by atoms with van der Waals surface area (Å²) in [5.41, 5.74) is 3.20. The van der Waals surface area contributed by atoms with Gasteiger partial charge < -0.3 is 10.0 Å². The molecule has 2 aromatic heterocycles. The lowest BCUT2D eigenvalue weighted by Gasteiger charge is -2.32. The van der Waals surface area contributed by atoms with Gasteiger partial charge in [-0.15, -0.1) is 0 Å². The molecule has 0 bridgehead atoms. The minimum Gasteiger partial charge on any atom is -0.387 e. The Labute approximate surface area is 185 Å². The van der Waals surface area contributed by atoms with E-state index in [1.165, 1.54) is 0 Å². The van der Waals surface area contributed by atoms with Crippen LogP contribution in [0.1, 0.15) is 42.2 Å². The van der Waals surface area contributed by atoms with Gasteiger partial charge in [0.2, 0.25) is 0 Å². The molecular formula is C20H20Cl2N4O2S. The topological polar surface area (TPSA) is 71.2 Å². The summed E-state index contributed by atoms with van der Waals surface area (Å²) in [5.74, 6) is -0.167. The molecule has 1 N–H and O–H groups in total. The van der Waals surface area contributed by atoms with E-state index in [0.717, 1.165) is 5.56 Å². The van der Waals surface area contributed by atoms with Gasteiger partial charge in [-0.1, -0.05) is 23.2 Å². The molecule has 0 saturated carbocycles. The molecule has 152 valence electrons. The molecule has 2 atom stereocenters. The number of rotatable bonds is 3. The molecule has 1 aliphatic heterocycles. The molecule has 0 radical (unpaired) electrons. The van der Waals surface area contributed by atoms with Crippen molar-refractivity contribution in [2.24, 2.45) is 0 Å². The van der Waals surface area contributed by atoms with Gasteiger partial charge in [-0.05, 0) is 49.7 Å². The van der Waals surface area contributed by atoms with Crippen LogP contribution >= 0.6 is 36.7 Å². The highest BCUT2D eigenvalue weighted by molar-refractivity contribution is 7.59. The summed E-state index contributed by atoms with van der Waals surface area (Å²) >= 11 is 12.2. The van der Waals surface area contributed by atoms with Gasteiger partial charge in [-0.25, -0.2) is 0 Å². The Kier molecular flexibility index (Phi) is 6.24. The number of hydrogen-bond donors (Lipinski definition) is 1. The van der Waals surface area contributed by atoms with Crippen LogP contribution in [-0.4, -0.2) is 32.3 Å². The minimum atomic E-state index is -0.700.